The summed E-state index contributed by atoms with van der Waals surface area (Å²) < 4.78 is 5.51. The van der Waals surface area contributed by atoms with Crippen LogP contribution in [0.3, 0.4) is 0 Å². The number of nitrogens with one attached hydrogen (secondary N) is 2. The smallest absolute Gasteiger partial charge is 0.240 e. The van der Waals surface area contributed by atoms with Crippen molar-refractivity contribution in [2.75, 3.05) is 17.2 Å². The first-order valence-electron chi connectivity index (χ1n) is 8.26. The van der Waals surface area contributed by atoms with Crippen LogP contribution in [-0.4, -0.2) is 18.4 Å². The quantitative estimate of drug-likeness (QED) is 0.696. The molecule has 136 valence electrons. The maximum absolute atomic E-state index is 12.7. The Labute approximate surface area is 161 Å². The minimum absolute atomic E-state index is 0.337. The largest absolute Gasteiger partial charge is 0.492 e. The average molecular weight is 393 g/mol. The van der Waals surface area contributed by atoms with Crippen LogP contribution in [0.25, 0.3) is 0 Å². The molecule has 1 aliphatic rings. The SMILES string of the molecule is CCOc1ccccc1NC(=O)C1(C(=O)Nc2ccc(Cl)c(Cl)c2)CC1. The summed E-state index contributed by atoms with van der Waals surface area (Å²) in [7, 11) is 0. The number of ether oxygens (including phenoxy) is 1. The number of carbonyl (C=O) groups excluding carboxylic acids is 2. The highest BCUT2D eigenvalue weighted by molar-refractivity contribution is 6.42. The molecule has 0 unspecified atom stereocenters. The lowest BCUT2D eigenvalue weighted by atomic mass is 10.0. The van der Waals surface area contributed by atoms with Crippen LogP contribution in [0.15, 0.2) is 42.5 Å². The summed E-state index contributed by atoms with van der Waals surface area (Å²) in [5.41, 5.74) is -0.0306. The molecule has 1 aliphatic carbocycles. The maximum atomic E-state index is 12.7. The van der Waals surface area contributed by atoms with Gasteiger partial charge in [0.15, 0.2) is 0 Å². The Bertz CT molecular complexity index is 850. The van der Waals surface area contributed by atoms with Gasteiger partial charge in [0.05, 0.1) is 22.3 Å². The second-order valence-corrected chi connectivity index (χ2v) is 6.86. The van der Waals surface area contributed by atoms with Gasteiger partial charge in [-0.15, -0.1) is 0 Å². The van der Waals surface area contributed by atoms with Crippen molar-refractivity contribution in [1.29, 1.82) is 0 Å². The minimum atomic E-state index is -1.08. The standard InChI is InChI=1S/C19H18Cl2N2O3/c1-2-26-16-6-4-3-5-15(16)23-18(25)19(9-10-19)17(24)22-12-7-8-13(20)14(21)11-12/h3-8,11H,2,9-10H2,1H3,(H,22,24)(H,23,25). The van der Waals surface area contributed by atoms with E-state index in [0.717, 1.165) is 0 Å². The predicted molar refractivity (Wildman–Crippen MR) is 103 cm³/mol. The van der Waals surface area contributed by atoms with E-state index in [1.165, 1.54) is 0 Å². The van der Waals surface area contributed by atoms with Crippen molar-refractivity contribution in [3.05, 3.63) is 52.5 Å². The van der Waals surface area contributed by atoms with Gasteiger partial charge >= 0.3 is 0 Å². The Morgan fingerprint density at radius 1 is 1.04 bits per heavy atom. The first-order valence-corrected chi connectivity index (χ1v) is 9.01. The van der Waals surface area contributed by atoms with Gasteiger partial charge in [-0.25, -0.2) is 0 Å². The third-order valence-corrected chi connectivity index (χ3v) is 4.97. The number of rotatable bonds is 6. The fraction of sp³-hybridized carbons (Fsp3) is 0.263. The summed E-state index contributed by atoms with van der Waals surface area (Å²) >= 11 is 11.8. The van der Waals surface area contributed by atoms with Crippen molar-refractivity contribution in [3.63, 3.8) is 0 Å². The topological polar surface area (TPSA) is 67.4 Å². The van der Waals surface area contributed by atoms with Crippen molar-refractivity contribution >= 4 is 46.4 Å². The molecule has 0 spiro atoms. The molecule has 3 rings (SSSR count). The Kier molecular flexibility index (Phi) is 5.39. The molecule has 0 aliphatic heterocycles. The second-order valence-electron chi connectivity index (χ2n) is 6.05. The van der Waals surface area contributed by atoms with Crippen molar-refractivity contribution < 1.29 is 14.3 Å². The van der Waals surface area contributed by atoms with Gasteiger partial charge in [-0.2, -0.15) is 0 Å². The number of benzene rings is 2. The molecule has 2 amide bonds. The molecular formula is C19H18Cl2N2O3. The summed E-state index contributed by atoms with van der Waals surface area (Å²) in [4.78, 5) is 25.4. The molecule has 0 radical (unpaired) electrons. The molecule has 0 saturated heterocycles. The molecule has 0 bridgehead atoms. The summed E-state index contributed by atoms with van der Waals surface area (Å²) in [6.45, 7) is 2.35. The molecule has 26 heavy (non-hydrogen) atoms. The number of para-hydroxylation sites is 2. The zero-order chi connectivity index (χ0) is 18.7. The number of amides is 2. The van der Waals surface area contributed by atoms with Crippen LogP contribution in [0.2, 0.25) is 10.0 Å². The molecule has 2 aromatic carbocycles. The molecule has 7 heteroatoms. The van der Waals surface area contributed by atoms with Gasteiger partial charge in [-0.1, -0.05) is 35.3 Å². The van der Waals surface area contributed by atoms with Crippen LogP contribution < -0.4 is 15.4 Å². The van der Waals surface area contributed by atoms with Crippen molar-refractivity contribution in [1.82, 2.24) is 0 Å². The molecule has 2 N–H and O–H groups in total. The number of anilines is 2. The molecule has 1 fully saturated rings. The van der Waals surface area contributed by atoms with Gasteiger partial charge in [0.2, 0.25) is 11.8 Å². The highest BCUT2D eigenvalue weighted by Gasteiger charge is 2.56. The lowest BCUT2D eigenvalue weighted by molar-refractivity contribution is -0.131. The average Bonchev–Trinajstić information content (AvgIpc) is 3.42. The first kappa shape index (κ1) is 18.5. The van der Waals surface area contributed by atoms with Gasteiger partial charge in [0, 0.05) is 5.69 Å². The van der Waals surface area contributed by atoms with Crippen LogP contribution in [0.4, 0.5) is 11.4 Å². The van der Waals surface area contributed by atoms with Crippen LogP contribution in [-0.2, 0) is 9.59 Å². The normalized spacial score (nSPS) is 14.4. The van der Waals surface area contributed by atoms with Crippen LogP contribution in [0.1, 0.15) is 19.8 Å². The van der Waals surface area contributed by atoms with Crippen molar-refractivity contribution in [3.8, 4) is 5.75 Å². The maximum Gasteiger partial charge on any atom is 0.240 e. The fourth-order valence-corrected chi connectivity index (χ4v) is 2.90. The van der Waals surface area contributed by atoms with Gasteiger partial charge in [-0.05, 0) is 50.1 Å². The number of hydrogen-bond acceptors (Lipinski definition) is 3. The van der Waals surface area contributed by atoms with E-state index in [1.54, 1.807) is 36.4 Å². The van der Waals surface area contributed by atoms with E-state index >= 15 is 0 Å². The van der Waals surface area contributed by atoms with Crippen molar-refractivity contribution in [2.45, 2.75) is 19.8 Å². The molecule has 2 aromatic rings. The van der Waals surface area contributed by atoms with E-state index in [-0.39, 0.29) is 11.8 Å². The van der Waals surface area contributed by atoms with E-state index in [0.29, 0.717) is 46.6 Å². The summed E-state index contributed by atoms with van der Waals surface area (Å²) in [6.07, 6.45) is 0.978. The molecule has 0 heterocycles. The van der Waals surface area contributed by atoms with E-state index in [4.69, 9.17) is 27.9 Å². The lowest BCUT2D eigenvalue weighted by Gasteiger charge is -2.17. The third-order valence-electron chi connectivity index (χ3n) is 4.23. The Balaban J connectivity index is 1.72. The Morgan fingerprint density at radius 3 is 2.38 bits per heavy atom. The summed E-state index contributed by atoms with van der Waals surface area (Å²) in [5.74, 6) is -0.131. The van der Waals surface area contributed by atoms with E-state index in [2.05, 4.69) is 10.6 Å². The monoisotopic (exact) mass is 392 g/mol. The van der Waals surface area contributed by atoms with Crippen LogP contribution in [0.5, 0.6) is 5.75 Å². The highest BCUT2D eigenvalue weighted by atomic mass is 35.5. The summed E-state index contributed by atoms with van der Waals surface area (Å²) in [6, 6.07) is 11.9. The number of carbonyl (C=O) groups is 2. The summed E-state index contributed by atoms with van der Waals surface area (Å²) in [5, 5.41) is 6.30. The third kappa shape index (κ3) is 3.79. The van der Waals surface area contributed by atoms with E-state index in [9.17, 15) is 9.59 Å². The molecule has 5 nitrogen and oxygen atoms in total. The molecule has 0 atom stereocenters. The number of halogens is 2. The van der Waals surface area contributed by atoms with Crippen molar-refractivity contribution in [2.24, 2.45) is 5.41 Å². The van der Waals surface area contributed by atoms with Crippen LogP contribution >= 0.6 is 23.2 Å². The zero-order valence-corrected chi connectivity index (χ0v) is 15.7. The molecule has 1 saturated carbocycles. The van der Waals surface area contributed by atoms with Gasteiger partial charge in [-0.3, -0.25) is 9.59 Å². The van der Waals surface area contributed by atoms with E-state index < -0.39 is 5.41 Å². The number of hydrogen-bond donors (Lipinski definition) is 2. The first-order chi connectivity index (χ1) is 12.5. The molecular weight excluding hydrogens is 375 g/mol. The Hall–Kier alpha value is -2.24. The minimum Gasteiger partial charge on any atom is -0.492 e. The predicted octanol–water partition coefficient (Wildman–Crippen LogP) is 4.75. The van der Waals surface area contributed by atoms with Crippen LogP contribution in [0, 0.1) is 5.41 Å². The highest BCUT2D eigenvalue weighted by Crippen LogP contribution is 2.48. The lowest BCUT2D eigenvalue weighted by Crippen LogP contribution is -2.35. The zero-order valence-electron chi connectivity index (χ0n) is 14.1. The fourth-order valence-electron chi connectivity index (χ4n) is 2.60. The van der Waals surface area contributed by atoms with Gasteiger partial charge < -0.3 is 15.4 Å². The Morgan fingerprint density at radius 2 is 1.73 bits per heavy atom. The van der Waals surface area contributed by atoms with Gasteiger partial charge in [0.1, 0.15) is 11.2 Å². The van der Waals surface area contributed by atoms with E-state index in [1.807, 2.05) is 13.0 Å². The van der Waals surface area contributed by atoms with Gasteiger partial charge in [0.25, 0.3) is 0 Å². The molecule has 0 aromatic heterocycles. The second kappa shape index (κ2) is 7.56.